The highest BCUT2D eigenvalue weighted by Gasteiger charge is 2.06. The maximum absolute atomic E-state index is 12.3. The molecular formula is C18H16N8O. The van der Waals surface area contributed by atoms with Gasteiger partial charge in [0.05, 0.1) is 6.54 Å². The standard InChI is InChI=1S/C18H16N8O/c27-18(16-4-1-14(2-5-16)9-25-12-19-10-23-25)22-8-15-3-6-17(21-7-15)26-13-20-11-24-26/h1-7,10-13H,8-9H2,(H,22,27). The summed E-state index contributed by atoms with van der Waals surface area (Å²) in [7, 11) is 0. The number of hydrogen-bond donors (Lipinski definition) is 1. The van der Waals surface area contributed by atoms with Gasteiger partial charge < -0.3 is 5.32 Å². The number of hydrogen-bond acceptors (Lipinski definition) is 6. The third-order valence-corrected chi connectivity index (χ3v) is 3.94. The second kappa shape index (κ2) is 7.56. The summed E-state index contributed by atoms with van der Waals surface area (Å²) in [5, 5.41) is 11.0. The Morgan fingerprint density at radius 1 is 0.926 bits per heavy atom. The lowest BCUT2D eigenvalue weighted by Gasteiger charge is -2.07. The third kappa shape index (κ3) is 4.03. The molecule has 9 heteroatoms. The first-order valence-corrected chi connectivity index (χ1v) is 8.27. The van der Waals surface area contributed by atoms with Crippen LogP contribution < -0.4 is 5.32 Å². The Kier molecular flexibility index (Phi) is 4.64. The molecule has 0 spiro atoms. The Hall–Kier alpha value is -3.88. The molecule has 1 N–H and O–H groups in total. The smallest absolute Gasteiger partial charge is 0.251 e. The van der Waals surface area contributed by atoms with Gasteiger partial charge in [-0.15, -0.1) is 0 Å². The van der Waals surface area contributed by atoms with Crippen LogP contribution in [-0.2, 0) is 13.1 Å². The summed E-state index contributed by atoms with van der Waals surface area (Å²) in [6, 6.07) is 11.1. The van der Waals surface area contributed by atoms with E-state index in [-0.39, 0.29) is 5.91 Å². The summed E-state index contributed by atoms with van der Waals surface area (Å²) in [6.45, 7) is 1.01. The van der Waals surface area contributed by atoms with Gasteiger partial charge in [-0.2, -0.15) is 10.2 Å². The molecular weight excluding hydrogens is 344 g/mol. The minimum absolute atomic E-state index is 0.136. The average Bonchev–Trinajstić information content (AvgIpc) is 3.41. The second-order valence-corrected chi connectivity index (χ2v) is 5.84. The van der Waals surface area contributed by atoms with Gasteiger partial charge in [-0.1, -0.05) is 18.2 Å². The summed E-state index contributed by atoms with van der Waals surface area (Å²) < 4.78 is 3.30. The number of nitrogens with zero attached hydrogens (tertiary/aromatic N) is 7. The van der Waals surface area contributed by atoms with Gasteiger partial charge in [-0.05, 0) is 29.3 Å². The fourth-order valence-corrected chi connectivity index (χ4v) is 2.53. The SMILES string of the molecule is O=C(NCc1ccc(-n2cncn2)nc1)c1ccc(Cn2cncn2)cc1. The van der Waals surface area contributed by atoms with Crippen LogP contribution in [0.15, 0.2) is 67.9 Å². The van der Waals surface area contributed by atoms with Crippen molar-refractivity contribution in [2.75, 3.05) is 0 Å². The predicted molar refractivity (Wildman–Crippen MR) is 95.9 cm³/mol. The highest BCUT2D eigenvalue weighted by Crippen LogP contribution is 2.07. The molecule has 0 radical (unpaired) electrons. The number of amides is 1. The van der Waals surface area contributed by atoms with Crippen LogP contribution in [0.2, 0.25) is 0 Å². The molecule has 0 saturated heterocycles. The lowest BCUT2D eigenvalue weighted by atomic mass is 10.1. The zero-order valence-electron chi connectivity index (χ0n) is 14.3. The quantitative estimate of drug-likeness (QED) is 0.555. The highest BCUT2D eigenvalue weighted by atomic mass is 16.1. The van der Waals surface area contributed by atoms with Crippen molar-refractivity contribution in [2.24, 2.45) is 0 Å². The van der Waals surface area contributed by atoms with Crippen molar-refractivity contribution in [1.29, 1.82) is 0 Å². The first-order valence-electron chi connectivity index (χ1n) is 8.27. The molecule has 9 nitrogen and oxygen atoms in total. The van der Waals surface area contributed by atoms with E-state index in [1.165, 1.54) is 12.7 Å². The van der Waals surface area contributed by atoms with E-state index in [0.717, 1.165) is 11.1 Å². The number of nitrogens with one attached hydrogen (secondary N) is 1. The van der Waals surface area contributed by atoms with Gasteiger partial charge in [0.2, 0.25) is 0 Å². The Morgan fingerprint density at radius 3 is 2.37 bits per heavy atom. The summed E-state index contributed by atoms with van der Waals surface area (Å²) in [4.78, 5) is 24.4. The maximum atomic E-state index is 12.3. The van der Waals surface area contributed by atoms with E-state index in [1.807, 2.05) is 24.3 Å². The number of pyridine rings is 1. The van der Waals surface area contributed by atoms with Crippen molar-refractivity contribution in [3.8, 4) is 5.82 Å². The molecule has 3 aromatic heterocycles. The maximum Gasteiger partial charge on any atom is 0.251 e. The fraction of sp³-hybridized carbons (Fsp3) is 0.111. The first kappa shape index (κ1) is 16.6. The first-order chi connectivity index (χ1) is 13.3. The zero-order valence-corrected chi connectivity index (χ0v) is 14.3. The van der Waals surface area contributed by atoms with Crippen LogP contribution in [0.4, 0.5) is 0 Å². The molecule has 0 aliphatic carbocycles. The Balaban J connectivity index is 1.33. The van der Waals surface area contributed by atoms with Gasteiger partial charge in [0, 0.05) is 18.3 Å². The van der Waals surface area contributed by atoms with Crippen LogP contribution >= 0.6 is 0 Å². The summed E-state index contributed by atoms with van der Waals surface area (Å²) in [5.41, 5.74) is 2.55. The van der Waals surface area contributed by atoms with E-state index in [4.69, 9.17) is 0 Å². The molecule has 1 aromatic carbocycles. The highest BCUT2D eigenvalue weighted by molar-refractivity contribution is 5.94. The molecule has 1 amide bonds. The molecule has 0 unspecified atom stereocenters. The van der Waals surface area contributed by atoms with Gasteiger partial charge in [0.1, 0.15) is 25.3 Å². The summed E-state index contributed by atoms with van der Waals surface area (Å²) in [5.74, 6) is 0.535. The lowest BCUT2D eigenvalue weighted by molar-refractivity contribution is 0.0951. The molecule has 0 aliphatic heterocycles. The molecule has 0 atom stereocenters. The molecule has 3 heterocycles. The van der Waals surface area contributed by atoms with Crippen LogP contribution in [0.25, 0.3) is 5.82 Å². The predicted octanol–water partition coefficient (Wildman–Crippen LogP) is 1.23. The topological polar surface area (TPSA) is 103 Å². The van der Waals surface area contributed by atoms with Gasteiger partial charge in [-0.3, -0.25) is 4.79 Å². The van der Waals surface area contributed by atoms with Crippen molar-refractivity contribution in [1.82, 2.24) is 39.8 Å². The minimum atomic E-state index is -0.136. The number of aromatic nitrogens is 7. The third-order valence-electron chi connectivity index (χ3n) is 3.94. The lowest BCUT2D eigenvalue weighted by Crippen LogP contribution is -2.22. The molecule has 27 heavy (non-hydrogen) atoms. The molecule has 4 rings (SSSR count). The van der Waals surface area contributed by atoms with Gasteiger partial charge in [-0.25, -0.2) is 24.3 Å². The van der Waals surface area contributed by atoms with Crippen molar-refractivity contribution in [3.05, 3.63) is 84.6 Å². The van der Waals surface area contributed by atoms with Gasteiger partial charge >= 0.3 is 0 Å². The van der Waals surface area contributed by atoms with E-state index in [2.05, 4.69) is 30.5 Å². The van der Waals surface area contributed by atoms with Crippen LogP contribution in [-0.4, -0.2) is 40.4 Å². The van der Waals surface area contributed by atoms with Crippen LogP contribution in [0.1, 0.15) is 21.5 Å². The molecule has 134 valence electrons. The number of carbonyl (C=O) groups excluding carboxylic acids is 1. The molecule has 0 fully saturated rings. The molecule has 0 aliphatic rings. The van der Waals surface area contributed by atoms with Crippen molar-refractivity contribution < 1.29 is 4.79 Å². The molecule has 4 aromatic rings. The van der Waals surface area contributed by atoms with E-state index >= 15 is 0 Å². The van der Waals surface area contributed by atoms with Crippen LogP contribution in [0.5, 0.6) is 0 Å². The van der Waals surface area contributed by atoms with E-state index in [1.54, 1.807) is 40.3 Å². The Bertz CT molecular complexity index is 993. The summed E-state index contributed by atoms with van der Waals surface area (Å²) in [6.07, 6.45) is 7.89. The van der Waals surface area contributed by atoms with Gasteiger partial charge in [0.25, 0.3) is 5.91 Å². The van der Waals surface area contributed by atoms with Crippen molar-refractivity contribution in [3.63, 3.8) is 0 Å². The monoisotopic (exact) mass is 360 g/mol. The number of benzene rings is 1. The number of carbonyl (C=O) groups is 1. The van der Waals surface area contributed by atoms with E-state index in [0.29, 0.717) is 24.5 Å². The van der Waals surface area contributed by atoms with Crippen molar-refractivity contribution in [2.45, 2.75) is 13.1 Å². The average molecular weight is 360 g/mol. The normalized spacial score (nSPS) is 10.7. The van der Waals surface area contributed by atoms with Crippen LogP contribution in [0, 0.1) is 0 Å². The van der Waals surface area contributed by atoms with E-state index in [9.17, 15) is 4.79 Å². The fourth-order valence-electron chi connectivity index (χ4n) is 2.53. The molecule has 0 saturated carbocycles. The van der Waals surface area contributed by atoms with Crippen LogP contribution in [0.3, 0.4) is 0 Å². The van der Waals surface area contributed by atoms with Gasteiger partial charge in [0.15, 0.2) is 5.82 Å². The number of rotatable bonds is 6. The second-order valence-electron chi connectivity index (χ2n) is 5.84. The Labute approximate surface area is 154 Å². The summed E-state index contributed by atoms with van der Waals surface area (Å²) >= 11 is 0. The largest absolute Gasteiger partial charge is 0.348 e. The van der Waals surface area contributed by atoms with Crippen molar-refractivity contribution >= 4 is 5.91 Å². The van der Waals surface area contributed by atoms with E-state index < -0.39 is 0 Å². The Morgan fingerprint density at radius 2 is 1.70 bits per heavy atom. The molecule has 0 bridgehead atoms. The minimum Gasteiger partial charge on any atom is -0.348 e. The zero-order chi connectivity index (χ0) is 18.5.